The number of hydrogen-bond donors (Lipinski definition) is 3. The van der Waals surface area contributed by atoms with Crippen molar-refractivity contribution < 1.29 is 24.7 Å². The van der Waals surface area contributed by atoms with Crippen LogP contribution in [0.1, 0.15) is 39.2 Å². The summed E-state index contributed by atoms with van der Waals surface area (Å²) >= 11 is 0. The van der Waals surface area contributed by atoms with Gasteiger partial charge in [-0.25, -0.2) is 9.86 Å². The highest BCUT2D eigenvalue weighted by Crippen LogP contribution is 2.27. The monoisotopic (exact) mass is 364 g/mol. The second-order valence-corrected chi connectivity index (χ2v) is 7.13. The second kappa shape index (κ2) is 9.91. The van der Waals surface area contributed by atoms with Gasteiger partial charge in [0, 0.05) is 0 Å². The topological polar surface area (TPSA) is 107 Å². The first-order valence-electron chi connectivity index (χ1n) is 8.69. The number of carbonyl (C=O) groups excluding carboxylic acids is 2. The van der Waals surface area contributed by atoms with Crippen LogP contribution in [0.5, 0.6) is 0 Å². The van der Waals surface area contributed by atoms with E-state index in [4.69, 9.17) is 0 Å². The standard InChI is InChI=1S/C19H28N2O5/c1-4-10-19(2,3)16(18(24)25)20-17(23)15(12-21(26)13-22)11-14-8-6-5-7-9-14/h5-9,13,15-16,26H,4,10-12H2,1-3H3,(H,20,23)(H,24,25). The summed E-state index contributed by atoms with van der Waals surface area (Å²) in [6, 6.07) is 8.10. The number of amides is 2. The van der Waals surface area contributed by atoms with Crippen molar-refractivity contribution in [2.45, 2.75) is 46.1 Å². The van der Waals surface area contributed by atoms with Crippen LogP contribution in [-0.2, 0) is 20.8 Å². The molecule has 0 heterocycles. The number of carbonyl (C=O) groups is 3. The minimum Gasteiger partial charge on any atom is -0.480 e. The van der Waals surface area contributed by atoms with Crippen LogP contribution in [0.3, 0.4) is 0 Å². The first kappa shape index (κ1) is 21.6. The zero-order valence-corrected chi connectivity index (χ0v) is 15.5. The summed E-state index contributed by atoms with van der Waals surface area (Å²) in [5, 5.41) is 22.1. The summed E-state index contributed by atoms with van der Waals surface area (Å²) in [6.45, 7) is 5.33. The summed E-state index contributed by atoms with van der Waals surface area (Å²) in [6.07, 6.45) is 1.92. The Hall–Kier alpha value is -2.41. The number of aliphatic carboxylic acids is 1. The molecule has 3 N–H and O–H groups in total. The fourth-order valence-electron chi connectivity index (χ4n) is 3.05. The van der Waals surface area contributed by atoms with E-state index in [1.165, 1.54) is 0 Å². The van der Waals surface area contributed by atoms with Gasteiger partial charge in [-0.05, 0) is 23.8 Å². The third-order valence-electron chi connectivity index (χ3n) is 4.43. The Morgan fingerprint density at radius 3 is 2.38 bits per heavy atom. The molecule has 1 aromatic rings. The highest BCUT2D eigenvalue weighted by atomic mass is 16.5. The van der Waals surface area contributed by atoms with Crippen LogP contribution < -0.4 is 5.32 Å². The van der Waals surface area contributed by atoms with Crippen molar-refractivity contribution in [2.24, 2.45) is 11.3 Å². The van der Waals surface area contributed by atoms with E-state index in [9.17, 15) is 24.7 Å². The van der Waals surface area contributed by atoms with Crippen LogP contribution >= 0.6 is 0 Å². The van der Waals surface area contributed by atoms with E-state index in [1.807, 2.05) is 37.3 Å². The molecule has 1 rings (SSSR count). The van der Waals surface area contributed by atoms with E-state index in [-0.39, 0.29) is 19.4 Å². The van der Waals surface area contributed by atoms with Gasteiger partial charge in [-0.15, -0.1) is 0 Å². The second-order valence-electron chi connectivity index (χ2n) is 7.13. The van der Waals surface area contributed by atoms with Crippen LogP contribution in [0.15, 0.2) is 30.3 Å². The maximum atomic E-state index is 12.7. The lowest BCUT2D eigenvalue weighted by Crippen LogP contribution is -2.53. The largest absolute Gasteiger partial charge is 0.480 e. The lowest BCUT2D eigenvalue weighted by molar-refractivity contribution is -0.156. The van der Waals surface area contributed by atoms with Gasteiger partial charge in [0.15, 0.2) is 0 Å². The van der Waals surface area contributed by atoms with Gasteiger partial charge in [0.2, 0.25) is 12.3 Å². The molecule has 1 aromatic carbocycles. The van der Waals surface area contributed by atoms with Gasteiger partial charge in [-0.1, -0.05) is 57.5 Å². The summed E-state index contributed by atoms with van der Waals surface area (Å²) in [7, 11) is 0. The van der Waals surface area contributed by atoms with Crippen molar-refractivity contribution in [1.29, 1.82) is 0 Å². The van der Waals surface area contributed by atoms with Crippen LogP contribution in [0.4, 0.5) is 0 Å². The molecule has 2 unspecified atom stereocenters. The third-order valence-corrected chi connectivity index (χ3v) is 4.43. The summed E-state index contributed by atoms with van der Waals surface area (Å²) in [4.78, 5) is 35.2. The number of carboxylic acids is 1. The number of benzene rings is 1. The number of carboxylic acid groups (broad SMARTS) is 1. The first-order chi connectivity index (χ1) is 12.2. The summed E-state index contributed by atoms with van der Waals surface area (Å²) < 4.78 is 0. The van der Waals surface area contributed by atoms with Crippen molar-refractivity contribution in [2.75, 3.05) is 6.54 Å². The Kier molecular flexibility index (Phi) is 8.25. The van der Waals surface area contributed by atoms with E-state index in [1.54, 1.807) is 13.8 Å². The van der Waals surface area contributed by atoms with Crippen LogP contribution in [0.2, 0.25) is 0 Å². The minimum absolute atomic E-state index is 0.217. The molecule has 7 heteroatoms. The molecule has 0 aromatic heterocycles. The van der Waals surface area contributed by atoms with E-state index in [2.05, 4.69) is 5.32 Å². The molecule has 0 radical (unpaired) electrons. The molecule has 2 amide bonds. The van der Waals surface area contributed by atoms with Gasteiger partial charge in [-0.2, -0.15) is 0 Å². The lowest BCUT2D eigenvalue weighted by atomic mass is 9.80. The van der Waals surface area contributed by atoms with E-state index < -0.39 is 29.3 Å². The molecule has 7 nitrogen and oxygen atoms in total. The zero-order valence-electron chi connectivity index (χ0n) is 15.5. The van der Waals surface area contributed by atoms with Gasteiger partial charge >= 0.3 is 5.97 Å². The average molecular weight is 364 g/mol. The minimum atomic E-state index is -1.11. The van der Waals surface area contributed by atoms with E-state index in [0.717, 1.165) is 12.0 Å². The van der Waals surface area contributed by atoms with E-state index >= 15 is 0 Å². The molecule has 0 aliphatic rings. The highest BCUT2D eigenvalue weighted by molar-refractivity contribution is 5.86. The summed E-state index contributed by atoms with van der Waals surface area (Å²) in [5.74, 6) is -2.38. The zero-order chi connectivity index (χ0) is 19.7. The molecule has 0 spiro atoms. The normalized spacial score (nSPS) is 13.5. The predicted molar refractivity (Wildman–Crippen MR) is 96.4 cm³/mol. The van der Waals surface area contributed by atoms with Crippen molar-refractivity contribution in [3.63, 3.8) is 0 Å². The number of rotatable bonds is 11. The van der Waals surface area contributed by atoms with Gasteiger partial charge in [0.25, 0.3) is 0 Å². The lowest BCUT2D eigenvalue weighted by Gasteiger charge is -2.33. The Bertz CT molecular complexity index is 603. The molecule has 0 saturated carbocycles. The Morgan fingerprint density at radius 2 is 1.88 bits per heavy atom. The fourth-order valence-corrected chi connectivity index (χ4v) is 3.05. The number of nitrogens with zero attached hydrogens (tertiary/aromatic N) is 1. The summed E-state index contributed by atoms with van der Waals surface area (Å²) in [5.41, 5.74) is 0.225. The van der Waals surface area contributed by atoms with Gasteiger partial charge < -0.3 is 10.4 Å². The molecule has 144 valence electrons. The van der Waals surface area contributed by atoms with E-state index in [0.29, 0.717) is 11.5 Å². The van der Waals surface area contributed by atoms with Crippen molar-refractivity contribution in [3.8, 4) is 0 Å². The average Bonchev–Trinajstić information content (AvgIpc) is 2.59. The molecular formula is C19H28N2O5. The molecule has 0 bridgehead atoms. The quantitative estimate of drug-likeness (QED) is 0.317. The molecule has 0 saturated heterocycles. The molecule has 2 atom stereocenters. The van der Waals surface area contributed by atoms with Crippen molar-refractivity contribution in [1.82, 2.24) is 10.4 Å². The molecule has 0 aliphatic heterocycles. The molecular weight excluding hydrogens is 336 g/mol. The van der Waals surface area contributed by atoms with Gasteiger partial charge in [0.05, 0.1) is 12.5 Å². The number of hydroxylamine groups is 2. The number of nitrogens with one attached hydrogen (secondary N) is 1. The predicted octanol–water partition coefficient (Wildman–Crippen LogP) is 2.09. The van der Waals surface area contributed by atoms with Gasteiger partial charge in [-0.3, -0.25) is 14.8 Å². The van der Waals surface area contributed by atoms with Crippen molar-refractivity contribution >= 4 is 18.3 Å². The fraction of sp³-hybridized carbons (Fsp3) is 0.526. The highest BCUT2D eigenvalue weighted by Gasteiger charge is 2.37. The van der Waals surface area contributed by atoms with Crippen LogP contribution in [-0.4, -0.2) is 46.3 Å². The maximum Gasteiger partial charge on any atom is 0.326 e. The van der Waals surface area contributed by atoms with Crippen LogP contribution in [0.25, 0.3) is 0 Å². The van der Waals surface area contributed by atoms with Crippen LogP contribution in [0, 0.1) is 11.3 Å². The van der Waals surface area contributed by atoms with Gasteiger partial charge in [0.1, 0.15) is 6.04 Å². The maximum absolute atomic E-state index is 12.7. The Morgan fingerprint density at radius 1 is 1.27 bits per heavy atom. The third kappa shape index (κ3) is 6.48. The smallest absolute Gasteiger partial charge is 0.326 e. The molecule has 0 fully saturated rings. The molecule has 0 aliphatic carbocycles. The number of hydrogen-bond acceptors (Lipinski definition) is 4. The molecule has 26 heavy (non-hydrogen) atoms. The Balaban J connectivity index is 2.98. The van der Waals surface area contributed by atoms with Crippen molar-refractivity contribution in [3.05, 3.63) is 35.9 Å². The Labute approximate surface area is 154 Å². The first-order valence-corrected chi connectivity index (χ1v) is 8.69. The SMILES string of the molecule is CCCC(C)(C)C(NC(=O)C(Cc1ccccc1)CN(O)C=O)C(=O)O.